The van der Waals surface area contributed by atoms with Crippen LogP contribution in [-0.2, 0) is 22.0 Å². The fourth-order valence-electron chi connectivity index (χ4n) is 4.30. The maximum absolute atomic E-state index is 13.6. The van der Waals surface area contributed by atoms with Crippen LogP contribution in [0.25, 0.3) is 11.0 Å². The van der Waals surface area contributed by atoms with Crippen molar-refractivity contribution in [2.45, 2.75) is 75.4 Å². The minimum Gasteiger partial charge on any atom is -0.327 e. The molecule has 1 aliphatic heterocycles. The maximum Gasteiger partial charge on any atom is 0.248 e. The number of imidazole rings is 1. The predicted molar refractivity (Wildman–Crippen MR) is 109 cm³/mol. The standard InChI is InChI=1S/C21H28F3N3O2S/c1-20(2,3)19-25-17-10-16(30(28,29)26-12-15(22)13-26)4-5-18(17)27(19)11-14-6-8-21(23,24)9-7-14/h4-5,10,14-15H,6-9,11-13H2,1-3H3. The van der Waals surface area contributed by atoms with Crippen molar-refractivity contribution < 1.29 is 21.6 Å². The van der Waals surface area contributed by atoms with E-state index in [1.807, 2.05) is 20.8 Å². The van der Waals surface area contributed by atoms with E-state index in [0.717, 1.165) is 15.6 Å². The molecule has 0 atom stereocenters. The minimum absolute atomic E-state index is 0.0943. The number of hydrogen-bond donors (Lipinski definition) is 0. The number of aromatic nitrogens is 2. The summed E-state index contributed by atoms with van der Waals surface area (Å²) in [5, 5.41) is 0. The van der Waals surface area contributed by atoms with Gasteiger partial charge in [0.15, 0.2) is 0 Å². The number of sulfonamides is 1. The zero-order chi connectivity index (χ0) is 21.9. The largest absolute Gasteiger partial charge is 0.327 e. The molecule has 2 heterocycles. The first kappa shape index (κ1) is 21.6. The summed E-state index contributed by atoms with van der Waals surface area (Å²) in [5.74, 6) is -1.63. The number of halogens is 3. The van der Waals surface area contributed by atoms with Gasteiger partial charge in [-0.1, -0.05) is 20.8 Å². The molecule has 2 aliphatic rings. The zero-order valence-electron chi connectivity index (χ0n) is 17.5. The van der Waals surface area contributed by atoms with Crippen LogP contribution in [0.4, 0.5) is 13.2 Å². The molecule has 0 unspecified atom stereocenters. The van der Waals surface area contributed by atoms with Gasteiger partial charge in [0, 0.05) is 37.9 Å². The molecule has 0 amide bonds. The summed E-state index contributed by atoms with van der Waals surface area (Å²) in [6, 6.07) is 4.80. The Balaban J connectivity index is 1.69. The maximum atomic E-state index is 13.6. The third-order valence-corrected chi connectivity index (χ3v) is 7.94. The van der Waals surface area contributed by atoms with Crippen LogP contribution >= 0.6 is 0 Å². The highest BCUT2D eigenvalue weighted by atomic mass is 32.2. The van der Waals surface area contributed by atoms with Crippen LogP contribution in [0.1, 0.15) is 52.3 Å². The Bertz CT molecular complexity index is 1040. The molecular formula is C21H28F3N3O2S. The van der Waals surface area contributed by atoms with Crippen molar-refractivity contribution in [2.75, 3.05) is 13.1 Å². The molecule has 0 radical (unpaired) electrons. The Labute approximate surface area is 175 Å². The molecule has 1 saturated heterocycles. The van der Waals surface area contributed by atoms with Gasteiger partial charge in [0.1, 0.15) is 12.0 Å². The van der Waals surface area contributed by atoms with Crippen LogP contribution in [-0.4, -0.2) is 47.5 Å². The topological polar surface area (TPSA) is 55.2 Å². The summed E-state index contributed by atoms with van der Waals surface area (Å²) < 4.78 is 68.9. The average molecular weight is 444 g/mol. The normalized spacial score (nSPS) is 21.8. The summed E-state index contributed by atoms with van der Waals surface area (Å²) >= 11 is 0. The lowest BCUT2D eigenvalue weighted by Gasteiger charge is -2.33. The highest BCUT2D eigenvalue weighted by Crippen LogP contribution is 2.38. The van der Waals surface area contributed by atoms with Crippen LogP contribution in [0.5, 0.6) is 0 Å². The molecule has 4 rings (SSSR count). The minimum atomic E-state index is -3.75. The average Bonchev–Trinajstić information content (AvgIpc) is 2.99. The Morgan fingerprint density at radius 1 is 1.17 bits per heavy atom. The molecule has 1 saturated carbocycles. The molecule has 166 valence electrons. The Morgan fingerprint density at radius 2 is 1.80 bits per heavy atom. The van der Waals surface area contributed by atoms with Crippen LogP contribution in [0.3, 0.4) is 0 Å². The van der Waals surface area contributed by atoms with E-state index in [2.05, 4.69) is 4.57 Å². The fraction of sp³-hybridized carbons (Fsp3) is 0.667. The molecule has 0 spiro atoms. The molecule has 2 aromatic rings. The molecule has 1 aromatic carbocycles. The quantitative estimate of drug-likeness (QED) is 0.699. The van der Waals surface area contributed by atoms with Crippen molar-refractivity contribution in [1.29, 1.82) is 0 Å². The number of benzene rings is 1. The highest BCUT2D eigenvalue weighted by Gasteiger charge is 2.38. The number of hydrogen-bond acceptors (Lipinski definition) is 3. The number of fused-ring (bicyclic) bond motifs is 1. The molecule has 9 heteroatoms. The van der Waals surface area contributed by atoms with E-state index in [1.54, 1.807) is 6.07 Å². The predicted octanol–water partition coefficient (Wildman–Crippen LogP) is 4.50. The third-order valence-electron chi connectivity index (χ3n) is 6.11. The van der Waals surface area contributed by atoms with Crippen LogP contribution in [0.2, 0.25) is 0 Å². The van der Waals surface area contributed by atoms with Crippen molar-refractivity contribution in [3.63, 3.8) is 0 Å². The molecular weight excluding hydrogens is 415 g/mol. The van der Waals surface area contributed by atoms with Gasteiger partial charge in [0.25, 0.3) is 0 Å². The summed E-state index contributed by atoms with van der Waals surface area (Å²) in [6.45, 7) is 6.43. The summed E-state index contributed by atoms with van der Waals surface area (Å²) in [7, 11) is -3.75. The smallest absolute Gasteiger partial charge is 0.248 e. The van der Waals surface area contributed by atoms with E-state index >= 15 is 0 Å². The van der Waals surface area contributed by atoms with E-state index in [9.17, 15) is 21.6 Å². The Morgan fingerprint density at radius 3 is 2.37 bits per heavy atom. The van der Waals surface area contributed by atoms with Gasteiger partial charge in [-0.05, 0) is 37.0 Å². The van der Waals surface area contributed by atoms with Crippen LogP contribution < -0.4 is 0 Å². The second kappa shape index (κ2) is 7.22. The van der Waals surface area contributed by atoms with E-state index < -0.39 is 22.1 Å². The van der Waals surface area contributed by atoms with Crippen LogP contribution in [0, 0.1) is 5.92 Å². The molecule has 0 N–H and O–H groups in total. The van der Waals surface area contributed by atoms with Crippen molar-refractivity contribution in [3.05, 3.63) is 24.0 Å². The van der Waals surface area contributed by atoms with Gasteiger partial charge in [-0.2, -0.15) is 4.31 Å². The summed E-state index contributed by atoms with van der Waals surface area (Å²) in [6.07, 6.45) is -0.381. The molecule has 2 fully saturated rings. The van der Waals surface area contributed by atoms with Crippen molar-refractivity contribution in [3.8, 4) is 0 Å². The first-order chi connectivity index (χ1) is 13.9. The van der Waals surface area contributed by atoms with Gasteiger partial charge in [0.2, 0.25) is 15.9 Å². The van der Waals surface area contributed by atoms with E-state index in [0.29, 0.717) is 24.9 Å². The zero-order valence-corrected chi connectivity index (χ0v) is 18.4. The number of nitrogens with zero attached hydrogens (tertiary/aromatic N) is 3. The Hall–Kier alpha value is -1.61. The highest BCUT2D eigenvalue weighted by molar-refractivity contribution is 7.89. The van der Waals surface area contributed by atoms with Gasteiger partial charge in [-0.25, -0.2) is 26.6 Å². The monoisotopic (exact) mass is 443 g/mol. The Kier molecular flexibility index (Phi) is 5.20. The SMILES string of the molecule is CC(C)(C)c1nc2cc(S(=O)(=O)N3CC(F)C3)ccc2n1CC1CCC(F)(F)CC1. The van der Waals surface area contributed by atoms with Gasteiger partial charge in [-0.3, -0.25) is 0 Å². The molecule has 1 aliphatic carbocycles. The molecule has 5 nitrogen and oxygen atoms in total. The van der Waals surface area contributed by atoms with Gasteiger partial charge < -0.3 is 4.57 Å². The third kappa shape index (κ3) is 3.98. The van der Waals surface area contributed by atoms with Crippen LogP contribution in [0.15, 0.2) is 23.1 Å². The first-order valence-electron chi connectivity index (χ1n) is 10.4. The fourth-order valence-corrected chi connectivity index (χ4v) is 5.82. The van der Waals surface area contributed by atoms with Crippen molar-refractivity contribution in [1.82, 2.24) is 13.9 Å². The van der Waals surface area contributed by atoms with Crippen molar-refractivity contribution in [2.24, 2.45) is 5.92 Å². The second-order valence-corrected chi connectivity index (χ2v) is 11.6. The molecule has 1 aromatic heterocycles. The van der Waals surface area contributed by atoms with E-state index in [1.165, 1.54) is 12.1 Å². The lowest BCUT2D eigenvalue weighted by Crippen LogP contribution is -2.51. The summed E-state index contributed by atoms with van der Waals surface area (Å²) in [4.78, 5) is 4.83. The second-order valence-electron chi connectivity index (χ2n) is 9.67. The van der Waals surface area contributed by atoms with Crippen molar-refractivity contribution >= 4 is 21.1 Å². The number of alkyl halides is 3. The van der Waals surface area contributed by atoms with E-state index in [-0.39, 0.29) is 42.2 Å². The lowest BCUT2D eigenvalue weighted by atomic mass is 9.86. The summed E-state index contributed by atoms with van der Waals surface area (Å²) in [5.41, 5.74) is 1.05. The van der Waals surface area contributed by atoms with Gasteiger partial charge in [0.05, 0.1) is 15.9 Å². The molecule has 30 heavy (non-hydrogen) atoms. The van der Waals surface area contributed by atoms with Gasteiger partial charge in [-0.15, -0.1) is 0 Å². The first-order valence-corrected chi connectivity index (χ1v) is 11.8. The molecule has 0 bridgehead atoms. The lowest BCUT2D eigenvalue weighted by molar-refractivity contribution is -0.0473. The number of rotatable bonds is 4. The van der Waals surface area contributed by atoms with E-state index in [4.69, 9.17) is 4.98 Å². The van der Waals surface area contributed by atoms with Gasteiger partial charge >= 0.3 is 0 Å².